The van der Waals surface area contributed by atoms with Crippen molar-refractivity contribution in [3.05, 3.63) is 77.2 Å². The molecule has 3 aromatic rings. The van der Waals surface area contributed by atoms with E-state index in [0.717, 1.165) is 11.3 Å². The number of carbonyl (C=O) groups excluding carboxylic acids is 1. The number of anilines is 1. The van der Waals surface area contributed by atoms with E-state index in [1.165, 1.54) is 5.56 Å². The van der Waals surface area contributed by atoms with E-state index in [1.54, 1.807) is 29.2 Å². The number of aryl methyl sites for hydroxylation is 1. The normalized spacial score (nSPS) is 11.4. The molecule has 0 saturated heterocycles. The van der Waals surface area contributed by atoms with Crippen molar-refractivity contribution in [1.82, 2.24) is 14.8 Å². The van der Waals surface area contributed by atoms with Crippen LogP contribution in [0.2, 0.25) is 0 Å². The minimum absolute atomic E-state index is 0.130. The van der Waals surface area contributed by atoms with Crippen LogP contribution < -0.4 is 5.32 Å². The summed E-state index contributed by atoms with van der Waals surface area (Å²) in [6, 6.07) is 13.9. The molecule has 1 amide bonds. The van der Waals surface area contributed by atoms with Gasteiger partial charge in [-0.3, -0.25) is 9.78 Å². The van der Waals surface area contributed by atoms with Crippen molar-refractivity contribution >= 4 is 11.7 Å². The average Bonchev–Trinajstić information content (AvgIpc) is 3.02. The number of benzene rings is 1. The van der Waals surface area contributed by atoms with Gasteiger partial charge in [-0.15, -0.1) is 0 Å². The number of pyridine rings is 1. The van der Waals surface area contributed by atoms with Crippen LogP contribution in [0.4, 0.5) is 5.82 Å². The van der Waals surface area contributed by atoms with E-state index in [-0.39, 0.29) is 11.3 Å². The number of hydrogen-bond acceptors (Lipinski definition) is 3. The SMILES string of the molecule is Cc1ccc(C(=O)Nc2ccnn2Cc2ccc(C(C)(C)C)cc2)cn1. The van der Waals surface area contributed by atoms with Gasteiger partial charge in [-0.1, -0.05) is 45.0 Å². The summed E-state index contributed by atoms with van der Waals surface area (Å²) < 4.78 is 1.78. The minimum Gasteiger partial charge on any atom is -0.307 e. The van der Waals surface area contributed by atoms with E-state index in [1.807, 2.05) is 13.0 Å². The Bertz CT molecular complexity index is 887. The molecule has 0 aliphatic rings. The van der Waals surface area contributed by atoms with Gasteiger partial charge in [0.25, 0.3) is 5.91 Å². The molecular formula is C21H24N4O. The fourth-order valence-corrected chi connectivity index (χ4v) is 2.64. The molecule has 0 atom stereocenters. The van der Waals surface area contributed by atoms with Crippen LogP contribution in [0.25, 0.3) is 0 Å². The third-order valence-electron chi connectivity index (χ3n) is 4.28. The molecular weight excluding hydrogens is 324 g/mol. The van der Waals surface area contributed by atoms with Gasteiger partial charge in [-0.2, -0.15) is 5.10 Å². The van der Waals surface area contributed by atoms with E-state index in [0.29, 0.717) is 17.9 Å². The summed E-state index contributed by atoms with van der Waals surface area (Å²) in [6.45, 7) is 9.08. The summed E-state index contributed by atoms with van der Waals surface area (Å²) in [5, 5.41) is 7.23. The number of carbonyl (C=O) groups is 1. The number of rotatable bonds is 4. The smallest absolute Gasteiger partial charge is 0.258 e. The van der Waals surface area contributed by atoms with E-state index in [2.05, 4.69) is 60.4 Å². The Kier molecular flexibility index (Phi) is 4.89. The van der Waals surface area contributed by atoms with Crippen molar-refractivity contribution in [2.75, 3.05) is 5.32 Å². The molecule has 0 unspecified atom stereocenters. The van der Waals surface area contributed by atoms with Crippen molar-refractivity contribution < 1.29 is 4.79 Å². The number of nitrogens with zero attached hydrogens (tertiary/aromatic N) is 3. The van der Waals surface area contributed by atoms with Crippen LogP contribution in [0, 0.1) is 6.92 Å². The highest BCUT2D eigenvalue weighted by Gasteiger charge is 2.14. The Hall–Kier alpha value is -2.95. The van der Waals surface area contributed by atoms with Crippen LogP contribution in [-0.2, 0) is 12.0 Å². The van der Waals surface area contributed by atoms with Gasteiger partial charge in [0.1, 0.15) is 5.82 Å². The van der Waals surface area contributed by atoms with Gasteiger partial charge in [0.05, 0.1) is 18.3 Å². The lowest BCUT2D eigenvalue weighted by molar-refractivity contribution is 0.102. The molecule has 1 N–H and O–H groups in total. The number of aromatic nitrogens is 3. The molecule has 134 valence electrons. The molecule has 0 fully saturated rings. The first-order chi connectivity index (χ1) is 12.3. The first kappa shape index (κ1) is 17.9. The predicted octanol–water partition coefficient (Wildman–Crippen LogP) is 4.18. The largest absolute Gasteiger partial charge is 0.307 e. The highest BCUT2D eigenvalue weighted by molar-refractivity contribution is 6.03. The van der Waals surface area contributed by atoms with Crippen LogP contribution in [0.3, 0.4) is 0 Å². The lowest BCUT2D eigenvalue weighted by Crippen LogP contribution is -2.16. The first-order valence-electron chi connectivity index (χ1n) is 8.68. The van der Waals surface area contributed by atoms with Crippen LogP contribution in [-0.4, -0.2) is 20.7 Å². The second-order valence-electron chi connectivity index (χ2n) is 7.46. The van der Waals surface area contributed by atoms with Gasteiger partial charge in [-0.25, -0.2) is 4.68 Å². The van der Waals surface area contributed by atoms with Crippen LogP contribution in [0.5, 0.6) is 0 Å². The maximum absolute atomic E-state index is 12.4. The second-order valence-corrected chi connectivity index (χ2v) is 7.46. The van der Waals surface area contributed by atoms with Gasteiger partial charge in [0, 0.05) is 18.0 Å². The van der Waals surface area contributed by atoms with Crippen molar-refractivity contribution in [3.8, 4) is 0 Å². The summed E-state index contributed by atoms with van der Waals surface area (Å²) in [4.78, 5) is 16.6. The van der Waals surface area contributed by atoms with Crippen LogP contribution >= 0.6 is 0 Å². The molecule has 2 aromatic heterocycles. The zero-order valence-corrected chi connectivity index (χ0v) is 15.7. The van der Waals surface area contributed by atoms with E-state index >= 15 is 0 Å². The third kappa shape index (κ3) is 4.17. The molecule has 3 rings (SSSR count). The highest BCUT2D eigenvalue weighted by atomic mass is 16.1. The molecule has 0 saturated carbocycles. The molecule has 1 aromatic carbocycles. The Morgan fingerprint density at radius 3 is 2.42 bits per heavy atom. The van der Waals surface area contributed by atoms with Crippen molar-refractivity contribution in [1.29, 1.82) is 0 Å². The average molecular weight is 348 g/mol. The maximum atomic E-state index is 12.4. The minimum atomic E-state index is -0.192. The maximum Gasteiger partial charge on any atom is 0.258 e. The van der Waals surface area contributed by atoms with Crippen LogP contribution in [0.15, 0.2) is 54.9 Å². The predicted molar refractivity (Wildman–Crippen MR) is 103 cm³/mol. The molecule has 5 heteroatoms. The Morgan fingerprint density at radius 2 is 1.81 bits per heavy atom. The lowest BCUT2D eigenvalue weighted by atomic mass is 9.87. The quantitative estimate of drug-likeness (QED) is 0.769. The summed E-state index contributed by atoms with van der Waals surface area (Å²) in [6.07, 6.45) is 3.27. The topological polar surface area (TPSA) is 59.8 Å². The molecule has 5 nitrogen and oxygen atoms in total. The van der Waals surface area contributed by atoms with Gasteiger partial charge >= 0.3 is 0 Å². The second kappa shape index (κ2) is 7.12. The molecule has 26 heavy (non-hydrogen) atoms. The monoisotopic (exact) mass is 348 g/mol. The highest BCUT2D eigenvalue weighted by Crippen LogP contribution is 2.22. The molecule has 0 radical (unpaired) electrons. The summed E-state index contributed by atoms with van der Waals surface area (Å²) in [7, 11) is 0. The summed E-state index contributed by atoms with van der Waals surface area (Å²) >= 11 is 0. The van der Waals surface area contributed by atoms with Crippen molar-refractivity contribution in [2.24, 2.45) is 0 Å². The number of nitrogens with one attached hydrogen (secondary N) is 1. The fourth-order valence-electron chi connectivity index (χ4n) is 2.64. The fraction of sp³-hybridized carbons (Fsp3) is 0.286. The first-order valence-corrected chi connectivity index (χ1v) is 8.68. The standard InChI is InChI=1S/C21H24N4O/c1-15-5-8-17(13-22-15)20(26)24-19-11-12-23-25(19)14-16-6-9-18(10-7-16)21(2,3)4/h5-13H,14H2,1-4H3,(H,24,26). The molecule has 0 aliphatic heterocycles. The van der Waals surface area contributed by atoms with Gasteiger partial charge in [-0.05, 0) is 35.6 Å². The van der Waals surface area contributed by atoms with Gasteiger partial charge in [0.15, 0.2) is 0 Å². The lowest BCUT2D eigenvalue weighted by Gasteiger charge is -2.19. The van der Waals surface area contributed by atoms with E-state index in [4.69, 9.17) is 0 Å². The third-order valence-corrected chi connectivity index (χ3v) is 4.28. The molecule has 0 aliphatic carbocycles. The van der Waals surface area contributed by atoms with Crippen molar-refractivity contribution in [3.63, 3.8) is 0 Å². The molecule has 0 bridgehead atoms. The van der Waals surface area contributed by atoms with E-state index in [9.17, 15) is 4.79 Å². The molecule has 0 spiro atoms. The Labute approximate surface area is 154 Å². The van der Waals surface area contributed by atoms with Crippen LogP contribution in [0.1, 0.15) is 48.0 Å². The van der Waals surface area contributed by atoms with E-state index < -0.39 is 0 Å². The van der Waals surface area contributed by atoms with Gasteiger partial charge in [0.2, 0.25) is 0 Å². The Morgan fingerprint density at radius 1 is 1.08 bits per heavy atom. The summed E-state index contributed by atoms with van der Waals surface area (Å²) in [5.41, 5.74) is 3.96. The van der Waals surface area contributed by atoms with Crippen molar-refractivity contribution in [2.45, 2.75) is 39.7 Å². The molecule has 2 heterocycles. The Balaban J connectivity index is 1.72. The van der Waals surface area contributed by atoms with Gasteiger partial charge < -0.3 is 5.32 Å². The number of amides is 1. The summed E-state index contributed by atoms with van der Waals surface area (Å²) in [5.74, 6) is 0.470. The zero-order chi connectivity index (χ0) is 18.7. The number of hydrogen-bond donors (Lipinski definition) is 1. The zero-order valence-electron chi connectivity index (χ0n) is 15.7.